The van der Waals surface area contributed by atoms with E-state index in [1.165, 1.54) is 0 Å². The maximum atomic E-state index is 11.4. The molecule has 1 saturated heterocycles. The third-order valence-electron chi connectivity index (χ3n) is 2.23. The standard InChI is InChI=1S/C11H22N2O3/c1-11(2,3)16-10(14)13-12-9-5-4-7-15-8-6-9/h9,12H,4-8H2,1-3H3,(H,13,14). The van der Waals surface area contributed by atoms with E-state index in [1.54, 1.807) is 0 Å². The topological polar surface area (TPSA) is 59.6 Å². The number of ether oxygens (including phenoxy) is 2. The van der Waals surface area contributed by atoms with E-state index in [1.807, 2.05) is 20.8 Å². The van der Waals surface area contributed by atoms with E-state index in [2.05, 4.69) is 10.9 Å². The number of amides is 1. The number of rotatable bonds is 2. The van der Waals surface area contributed by atoms with E-state index in [-0.39, 0.29) is 6.04 Å². The molecule has 1 aliphatic heterocycles. The lowest BCUT2D eigenvalue weighted by molar-refractivity contribution is 0.0484. The Labute approximate surface area is 96.8 Å². The molecule has 0 spiro atoms. The largest absolute Gasteiger partial charge is 0.443 e. The lowest BCUT2D eigenvalue weighted by Crippen LogP contribution is -2.46. The maximum absolute atomic E-state index is 11.4. The Bertz CT molecular complexity index is 218. The van der Waals surface area contributed by atoms with E-state index in [4.69, 9.17) is 9.47 Å². The summed E-state index contributed by atoms with van der Waals surface area (Å²) in [5, 5.41) is 0. The van der Waals surface area contributed by atoms with E-state index >= 15 is 0 Å². The molecule has 1 fully saturated rings. The Morgan fingerprint density at radius 3 is 2.75 bits per heavy atom. The summed E-state index contributed by atoms with van der Waals surface area (Å²) in [6.45, 7) is 7.07. The van der Waals surface area contributed by atoms with Crippen molar-refractivity contribution < 1.29 is 14.3 Å². The molecule has 1 aliphatic rings. The second-order valence-electron chi connectivity index (χ2n) is 5.01. The fraction of sp³-hybridized carbons (Fsp3) is 0.909. The lowest BCUT2D eigenvalue weighted by atomic mass is 10.1. The first kappa shape index (κ1) is 13.3. The maximum Gasteiger partial charge on any atom is 0.422 e. The van der Waals surface area contributed by atoms with Crippen molar-refractivity contribution in [3.63, 3.8) is 0 Å². The highest BCUT2D eigenvalue weighted by Gasteiger charge is 2.17. The van der Waals surface area contributed by atoms with Crippen LogP contribution in [0.5, 0.6) is 0 Å². The third kappa shape index (κ3) is 5.92. The molecule has 1 atom stereocenters. The first-order valence-corrected chi connectivity index (χ1v) is 5.79. The molecule has 1 unspecified atom stereocenters. The number of hydrogen-bond donors (Lipinski definition) is 2. The fourth-order valence-corrected chi connectivity index (χ4v) is 1.51. The highest BCUT2D eigenvalue weighted by molar-refractivity contribution is 5.67. The minimum atomic E-state index is -0.460. The average Bonchev–Trinajstić information content (AvgIpc) is 2.39. The zero-order chi connectivity index (χ0) is 12.0. The van der Waals surface area contributed by atoms with E-state index in [0.717, 1.165) is 32.5 Å². The first-order chi connectivity index (χ1) is 7.47. The highest BCUT2D eigenvalue weighted by atomic mass is 16.6. The van der Waals surface area contributed by atoms with Crippen LogP contribution in [-0.2, 0) is 9.47 Å². The summed E-state index contributed by atoms with van der Waals surface area (Å²) in [6.07, 6.45) is 2.51. The molecule has 0 aromatic rings. The van der Waals surface area contributed by atoms with E-state index in [0.29, 0.717) is 0 Å². The van der Waals surface area contributed by atoms with Crippen molar-refractivity contribution in [2.75, 3.05) is 13.2 Å². The van der Waals surface area contributed by atoms with Gasteiger partial charge in [-0.15, -0.1) is 0 Å². The van der Waals surface area contributed by atoms with E-state index in [9.17, 15) is 4.79 Å². The number of carbonyl (C=O) groups excluding carboxylic acids is 1. The van der Waals surface area contributed by atoms with Gasteiger partial charge in [-0.25, -0.2) is 10.2 Å². The van der Waals surface area contributed by atoms with Gasteiger partial charge in [0, 0.05) is 19.3 Å². The normalized spacial score (nSPS) is 22.3. The summed E-state index contributed by atoms with van der Waals surface area (Å²) in [5.74, 6) is 0. The van der Waals surface area contributed by atoms with Gasteiger partial charge < -0.3 is 9.47 Å². The van der Waals surface area contributed by atoms with Gasteiger partial charge in [-0.1, -0.05) is 0 Å². The van der Waals surface area contributed by atoms with Crippen LogP contribution in [-0.4, -0.2) is 30.9 Å². The van der Waals surface area contributed by atoms with Gasteiger partial charge in [-0.3, -0.25) is 5.43 Å². The summed E-state index contributed by atoms with van der Waals surface area (Å²) in [6, 6.07) is 0.273. The number of hydrogen-bond acceptors (Lipinski definition) is 4. The molecule has 0 radical (unpaired) electrons. The average molecular weight is 230 g/mol. The van der Waals surface area contributed by atoms with Crippen LogP contribution in [0, 0.1) is 0 Å². The molecule has 1 rings (SSSR count). The van der Waals surface area contributed by atoms with Crippen LogP contribution >= 0.6 is 0 Å². The van der Waals surface area contributed by atoms with Gasteiger partial charge in [-0.2, -0.15) is 0 Å². The second-order valence-corrected chi connectivity index (χ2v) is 5.01. The molecule has 0 saturated carbocycles. The van der Waals surface area contributed by atoms with Gasteiger partial charge in [-0.05, 0) is 40.0 Å². The van der Waals surface area contributed by atoms with Crippen LogP contribution in [0.3, 0.4) is 0 Å². The van der Waals surface area contributed by atoms with Crippen LogP contribution in [0.25, 0.3) is 0 Å². The fourth-order valence-electron chi connectivity index (χ4n) is 1.51. The van der Waals surface area contributed by atoms with Crippen molar-refractivity contribution in [3.8, 4) is 0 Å². The zero-order valence-electron chi connectivity index (χ0n) is 10.3. The smallest absolute Gasteiger partial charge is 0.422 e. The molecule has 1 heterocycles. The van der Waals surface area contributed by atoms with Crippen LogP contribution in [0.2, 0.25) is 0 Å². The summed E-state index contributed by atoms with van der Waals surface area (Å²) in [4.78, 5) is 11.4. The summed E-state index contributed by atoms with van der Waals surface area (Å²) in [5.41, 5.74) is 5.09. The minimum Gasteiger partial charge on any atom is -0.443 e. The Morgan fingerprint density at radius 2 is 2.06 bits per heavy atom. The Hall–Kier alpha value is -0.810. The summed E-state index contributed by atoms with van der Waals surface area (Å²) >= 11 is 0. The van der Waals surface area contributed by atoms with Gasteiger partial charge in [0.25, 0.3) is 0 Å². The molecule has 1 amide bonds. The van der Waals surface area contributed by atoms with Crippen molar-refractivity contribution in [3.05, 3.63) is 0 Å². The van der Waals surface area contributed by atoms with Gasteiger partial charge in [0.1, 0.15) is 5.60 Å². The molecular formula is C11H22N2O3. The van der Waals surface area contributed by atoms with Gasteiger partial charge in [0.2, 0.25) is 0 Å². The van der Waals surface area contributed by atoms with Crippen molar-refractivity contribution in [1.82, 2.24) is 10.9 Å². The highest BCUT2D eigenvalue weighted by Crippen LogP contribution is 2.08. The van der Waals surface area contributed by atoms with Crippen LogP contribution in [0.1, 0.15) is 40.0 Å². The predicted molar refractivity (Wildman–Crippen MR) is 61.0 cm³/mol. The quantitative estimate of drug-likeness (QED) is 0.707. The first-order valence-electron chi connectivity index (χ1n) is 5.79. The molecule has 0 bridgehead atoms. The third-order valence-corrected chi connectivity index (χ3v) is 2.23. The van der Waals surface area contributed by atoms with Crippen molar-refractivity contribution in [2.45, 2.75) is 51.7 Å². The van der Waals surface area contributed by atoms with E-state index < -0.39 is 11.7 Å². The molecular weight excluding hydrogens is 208 g/mol. The number of hydrazine groups is 1. The number of carbonyl (C=O) groups is 1. The van der Waals surface area contributed by atoms with Gasteiger partial charge >= 0.3 is 6.09 Å². The second kappa shape index (κ2) is 6.06. The molecule has 5 nitrogen and oxygen atoms in total. The predicted octanol–water partition coefficient (Wildman–Crippen LogP) is 1.58. The molecule has 2 N–H and O–H groups in total. The Kier molecular flexibility index (Phi) is 5.02. The summed E-state index contributed by atoms with van der Waals surface area (Å²) in [7, 11) is 0. The van der Waals surface area contributed by atoms with Gasteiger partial charge in [0.05, 0.1) is 0 Å². The van der Waals surface area contributed by atoms with Gasteiger partial charge in [0.15, 0.2) is 0 Å². The van der Waals surface area contributed by atoms with Crippen molar-refractivity contribution >= 4 is 6.09 Å². The molecule has 0 aromatic carbocycles. The molecule has 5 heteroatoms. The minimum absolute atomic E-state index is 0.273. The summed E-state index contributed by atoms with van der Waals surface area (Å²) < 4.78 is 10.4. The van der Waals surface area contributed by atoms with Crippen molar-refractivity contribution in [1.29, 1.82) is 0 Å². The zero-order valence-corrected chi connectivity index (χ0v) is 10.3. The monoisotopic (exact) mass is 230 g/mol. The van der Waals surface area contributed by atoms with Crippen LogP contribution in [0.4, 0.5) is 4.79 Å². The Morgan fingerprint density at radius 1 is 1.31 bits per heavy atom. The SMILES string of the molecule is CC(C)(C)OC(=O)NNC1CCCOCC1. The molecule has 0 aliphatic carbocycles. The molecule has 94 valence electrons. The van der Waals surface area contributed by atoms with Crippen LogP contribution in [0.15, 0.2) is 0 Å². The van der Waals surface area contributed by atoms with Crippen LogP contribution < -0.4 is 10.9 Å². The van der Waals surface area contributed by atoms with Crippen molar-refractivity contribution in [2.24, 2.45) is 0 Å². The molecule has 0 aromatic heterocycles. The Balaban J connectivity index is 2.20. The molecule has 16 heavy (non-hydrogen) atoms. The lowest BCUT2D eigenvalue weighted by Gasteiger charge is -2.22. The number of nitrogens with one attached hydrogen (secondary N) is 2.